The molecule has 0 spiro atoms. The second kappa shape index (κ2) is 6.69. The minimum atomic E-state index is -3.76. The second-order valence-corrected chi connectivity index (χ2v) is 9.86. The van der Waals surface area contributed by atoms with Gasteiger partial charge in [0.1, 0.15) is 9.97 Å². The third-order valence-corrected chi connectivity index (χ3v) is 7.52. The molecule has 2 aromatic rings. The van der Waals surface area contributed by atoms with Gasteiger partial charge in [0.05, 0.1) is 17.0 Å². The van der Waals surface area contributed by atoms with E-state index in [2.05, 4.69) is 14.6 Å². The van der Waals surface area contributed by atoms with Crippen LogP contribution in [0.15, 0.2) is 20.9 Å². The van der Waals surface area contributed by atoms with E-state index in [-0.39, 0.29) is 16.5 Å². The number of hydrogen-bond acceptors (Lipinski definition) is 7. The Kier molecular flexibility index (Phi) is 5.26. The van der Waals surface area contributed by atoms with Crippen LogP contribution in [0.5, 0.6) is 0 Å². The Morgan fingerprint density at radius 2 is 1.91 bits per heavy atom. The van der Waals surface area contributed by atoms with Crippen LogP contribution >= 0.6 is 11.3 Å². The van der Waals surface area contributed by atoms with Gasteiger partial charge in [0.15, 0.2) is 0 Å². The van der Waals surface area contributed by atoms with E-state index in [1.54, 1.807) is 19.9 Å². The van der Waals surface area contributed by atoms with E-state index in [1.807, 2.05) is 0 Å². The summed E-state index contributed by atoms with van der Waals surface area (Å²) in [5.41, 5.74) is 1.45. The molecule has 0 aromatic carbocycles. The molecule has 0 saturated heterocycles. The fourth-order valence-electron chi connectivity index (χ4n) is 1.92. The smallest absolute Gasteiger partial charge is 0.250 e. The van der Waals surface area contributed by atoms with Crippen molar-refractivity contribution in [3.63, 3.8) is 0 Å². The highest BCUT2D eigenvalue weighted by atomic mass is 32.2. The van der Waals surface area contributed by atoms with Crippen LogP contribution in [0.3, 0.4) is 0 Å². The van der Waals surface area contributed by atoms with Gasteiger partial charge in [-0.15, -0.1) is 11.3 Å². The minimum absolute atomic E-state index is 0.106. The third kappa shape index (κ3) is 4.18. The van der Waals surface area contributed by atoms with Crippen molar-refractivity contribution >= 4 is 31.4 Å². The number of nitrogens with zero attached hydrogens (tertiary/aromatic N) is 1. The summed E-state index contributed by atoms with van der Waals surface area (Å²) in [6.45, 7) is 3.33. The molecule has 23 heavy (non-hydrogen) atoms. The van der Waals surface area contributed by atoms with Crippen molar-refractivity contribution in [1.29, 1.82) is 0 Å². The molecule has 128 valence electrons. The van der Waals surface area contributed by atoms with Crippen LogP contribution in [0.25, 0.3) is 10.4 Å². The van der Waals surface area contributed by atoms with Crippen LogP contribution < -0.4 is 9.44 Å². The molecular formula is C12H17N3O5S3. The summed E-state index contributed by atoms with van der Waals surface area (Å²) in [7, 11) is -5.94. The number of hydrogen-bond donors (Lipinski definition) is 2. The summed E-state index contributed by atoms with van der Waals surface area (Å²) < 4.78 is 56.6. The van der Waals surface area contributed by atoms with Crippen molar-refractivity contribution < 1.29 is 21.4 Å². The average Bonchev–Trinajstić information content (AvgIpc) is 3.06. The van der Waals surface area contributed by atoms with E-state index in [9.17, 15) is 16.8 Å². The van der Waals surface area contributed by atoms with Gasteiger partial charge >= 0.3 is 0 Å². The molecular weight excluding hydrogens is 362 g/mol. The van der Waals surface area contributed by atoms with Gasteiger partial charge in [-0.05, 0) is 33.0 Å². The number of aromatic nitrogens is 1. The molecule has 2 N–H and O–H groups in total. The Morgan fingerprint density at radius 3 is 2.48 bits per heavy atom. The van der Waals surface area contributed by atoms with Crippen LogP contribution in [0.2, 0.25) is 0 Å². The first-order chi connectivity index (χ1) is 10.7. The molecule has 0 aliphatic carbocycles. The van der Waals surface area contributed by atoms with E-state index in [0.717, 1.165) is 21.8 Å². The lowest BCUT2D eigenvalue weighted by Gasteiger charge is -2.05. The molecule has 0 unspecified atom stereocenters. The van der Waals surface area contributed by atoms with Crippen LogP contribution in [-0.2, 0) is 20.0 Å². The standard InChI is InChI=1S/C12H17N3O5S3/c1-8-12(9(2)20-15-8)10-4-5-11(21-10)23(18,19)14-6-7-22(16,17)13-3/h4-5,13-14H,6-7H2,1-3H3. The van der Waals surface area contributed by atoms with Crippen LogP contribution in [0, 0.1) is 13.8 Å². The van der Waals surface area contributed by atoms with Gasteiger partial charge in [0, 0.05) is 11.4 Å². The maximum Gasteiger partial charge on any atom is 0.250 e. The van der Waals surface area contributed by atoms with Crippen LogP contribution in [-0.4, -0.2) is 41.3 Å². The summed E-state index contributed by atoms with van der Waals surface area (Å²) in [5, 5.41) is 3.84. The Labute approximate surface area is 139 Å². The average molecular weight is 379 g/mol. The fourth-order valence-corrected chi connectivity index (χ4v) is 5.15. The van der Waals surface area contributed by atoms with Gasteiger partial charge in [-0.25, -0.2) is 26.3 Å². The van der Waals surface area contributed by atoms with Crippen molar-refractivity contribution in [3.05, 3.63) is 23.6 Å². The molecule has 0 saturated carbocycles. The van der Waals surface area contributed by atoms with E-state index in [1.165, 1.54) is 13.1 Å². The predicted molar refractivity (Wildman–Crippen MR) is 87.3 cm³/mol. The highest BCUT2D eigenvalue weighted by Crippen LogP contribution is 2.34. The SMILES string of the molecule is CNS(=O)(=O)CCNS(=O)(=O)c1ccc(-c2c(C)noc2C)s1. The van der Waals surface area contributed by atoms with E-state index >= 15 is 0 Å². The summed E-state index contributed by atoms with van der Waals surface area (Å²) in [5.74, 6) is 0.284. The molecule has 0 radical (unpaired) electrons. The maximum atomic E-state index is 12.2. The van der Waals surface area contributed by atoms with Gasteiger partial charge in [-0.2, -0.15) is 0 Å². The topological polar surface area (TPSA) is 118 Å². The van der Waals surface area contributed by atoms with Gasteiger partial charge < -0.3 is 4.52 Å². The van der Waals surface area contributed by atoms with E-state index in [0.29, 0.717) is 11.5 Å². The predicted octanol–water partition coefficient (Wildman–Crippen LogP) is 0.847. The normalized spacial score (nSPS) is 12.7. The first kappa shape index (κ1) is 18.1. The Hall–Kier alpha value is -1.27. The third-order valence-electron chi connectivity index (χ3n) is 3.10. The summed E-state index contributed by atoms with van der Waals surface area (Å²) in [6, 6.07) is 3.15. The highest BCUT2D eigenvalue weighted by molar-refractivity contribution is 7.92. The zero-order valence-corrected chi connectivity index (χ0v) is 15.2. The first-order valence-corrected chi connectivity index (χ1v) is 10.6. The number of sulfonamides is 2. The molecule has 2 heterocycles. The number of aryl methyl sites for hydroxylation is 2. The van der Waals surface area contributed by atoms with E-state index in [4.69, 9.17) is 4.52 Å². The molecule has 8 nitrogen and oxygen atoms in total. The molecule has 0 aliphatic heterocycles. The van der Waals surface area contributed by atoms with Gasteiger partial charge in [0.25, 0.3) is 0 Å². The van der Waals surface area contributed by atoms with Crippen LogP contribution in [0.4, 0.5) is 0 Å². The van der Waals surface area contributed by atoms with Crippen molar-refractivity contribution in [2.24, 2.45) is 0 Å². The lowest BCUT2D eigenvalue weighted by molar-refractivity contribution is 0.393. The first-order valence-electron chi connectivity index (χ1n) is 6.60. The molecule has 11 heteroatoms. The van der Waals surface area contributed by atoms with Crippen molar-refractivity contribution in [2.75, 3.05) is 19.3 Å². The van der Waals surface area contributed by atoms with Crippen molar-refractivity contribution in [1.82, 2.24) is 14.6 Å². The Balaban J connectivity index is 2.16. The Bertz CT molecular complexity index is 877. The summed E-state index contributed by atoms with van der Waals surface area (Å²) >= 11 is 1.07. The van der Waals surface area contributed by atoms with E-state index < -0.39 is 20.0 Å². The summed E-state index contributed by atoms with van der Waals surface area (Å²) in [4.78, 5) is 0.726. The molecule has 0 aliphatic rings. The molecule has 2 rings (SSSR count). The fraction of sp³-hybridized carbons (Fsp3) is 0.417. The molecule has 2 aromatic heterocycles. The van der Waals surface area contributed by atoms with Gasteiger partial charge in [-0.3, -0.25) is 0 Å². The lowest BCUT2D eigenvalue weighted by Crippen LogP contribution is -2.32. The van der Waals surface area contributed by atoms with Crippen molar-refractivity contribution in [2.45, 2.75) is 18.1 Å². The molecule has 0 amide bonds. The quantitative estimate of drug-likeness (QED) is 0.736. The number of rotatable bonds is 7. The monoisotopic (exact) mass is 379 g/mol. The van der Waals surface area contributed by atoms with Crippen molar-refractivity contribution in [3.8, 4) is 10.4 Å². The largest absolute Gasteiger partial charge is 0.361 e. The lowest BCUT2D eigenvalue weighted by atomic mass is 10.2. The summed E-state index contributed by atoms with van der Waals surface area (Å²) in [6.07, 6.45) is 0. The zero-order chi connectivity index (χ0) is 17.3. The zero-order valence-electron chi connectivity index (χ0n) is 12.8. The van der Waals surface area contributed by atoms with Gasteiger partial charge in [-0.1, -0.05) is 5.16 Å². The minimum Gasteiger partial charge on any atom is -0.361 e. The number of thiophene rings is 1. The Morgan fingerprint density at radius 1 is 1.22 bits per heavy atom. The molecule has 0 fully saturated rings. The molecule has 0 atom stereocenters. The number of nitrogens with one attached hydrogen (secondary N) is 2. The van der Waals surface area contributed by atoms with Gasteiger partial charge in [0.2, 0.25) is 20.0 Å². The highest BCUT2D eigenvalue weighted by Gasteiger charge is 2.20. The second-order valence-electron chi connectivity index (χ2n) is 4.74. The molecule has 0 bridgehead atoms. The van der Waals surface area contributed by atoms with Crippen LogP contribution in [0.1, 0.15) is 11.5 Å². The maximum absolute atomic E-state index is 12.2.